The second-order valence-corrected chi connectivity index (χ2v) is 12.0. The van der Waals surface area contributed by atoms with Crippen LogP contribution in [-0.4, -0.2) is 73.5 Å². The van der Waals surface area contributed by atoms with E-state index in [1.165, 1.54) is 5.39 Å². The number of amides is 3. The number of carbonyl (C=O) groups is 2. The Morgan fingerprint density at radius 1 is 0.976 bits per heavy atom. The van der Waals surface area contributed by atoms with Gasteiger partial charge in [0.1, 0.15) is 5.60 Å². The predicted molar refractivity (Wildman–Crippen MR) is 168 cm³/mol. The minimum absolute atomic E-state index is 0.0666. The maximum absolute atomic E-state index is 13.6. The van der Waals surface area contributed by atoms with E-state index in [2.05, 4.69) is 64.1 Å². The first-order chi connectivity index (χ1) is 20.2. The van der Waals surface area contributed by atoms with E-state index in [4.69, 9.17) is 9.47 Å². The average molecular weight is 575 g/mol. The van der Waals surface area contributed by atoms with Gasteiger partial charge in [0.05, 0.1) is 19.3 Å². The molecule has 0 spiro atoms. The molecule has 42 heavy (non-hydrogen) atoms. The Labute approximate surface area is 250 Å². The molecule has 1 aliphatic rings. The van der Waals surface area contributed by atoms with Gasteiger partial charge in [0.15, 0.2) is 0 Å². The third-order valence-corrected chi connectivity index (χ3v) is 7.40. The standard InChI is InChI=1S/C34H46N4O4/c1-26(30-12-7-10-29-9-5-6-11-31(29)30)36-32(39)38(20-8-19-37-21-23-41-24-22-37)25-28-15-13-27(14-16-28)17-18-35-33(40)42-34(2,3)4/h5-7,9-16,26H,8,17-25H2,1-4H3,(H,35,40)(H,36,39)/t26-/m0/s1. The molecule has 1 aliphatic heterocycles. The first-order valence-electron chi connectivity index (χ1n) is 15.1. The van der Waals surface area contributed by atoms with Crippen LogP contribution in [0.4, 0.5) is 9.59 Å². The van der Waals surface area contributed by atoms with E-state index in [0.29, 0.717) is 26.1 Å². The molecule has 8 nitrogen and oxygen atoms in total. The van der Waals surface area contributed by atoms with Crippen LogP contribution >= 0.6 is 0 Å². The molecule has 3 aromatic carbocycles. The molecule has 0 radical (unpaired) electrons. The first-order valence-corrected chi connectivity index (χ1v) is 15.1. The fourth-order valence-electron chi connectivity index (χ4n) is 5.20. The van der Waals surface area contributed by atoms with Crippen LogP contribution < -0.4 is 10.6 Å². The van der Waals surface area contributed by atoms with E-state index in [1.807, 2.05) is 50.8 Å². The predicted octanol–water partition coefficient (Wildman–Crippen LogP) is 5.90. The minimum atomic E-state index is -0.515. The van der Waals surface area contributed by atoms with Gasteiger partial charge in [0.25, 0.3) is 0 Å². The van der Waals surface area contributed by atoms with Gasteiger partial charge in [-0.15, -0.1) is 0 Å². The summed E-state index contributed by atoms with van der Waals surface area (Å²) in [6, 6.07) is 22.6. The number of ether oxygens (including phenoxy) is 2. The van der Waals surface area contributed by atoms with Crippen molar-refractivity contribution < 1.29 is 19.1 Å². The summed E-state index contributed by atoms with van der Waals surface area (Å²) in [4.78, 5) is 29.9. The molecule has 0 bridgehead atoms. The number of benzene rings is 3. The molecule has 8 heteroatoms. The normalized spacial score (nSPS) is 14.8. The third-order valence-electron chi connectivity index (χ3n) is 7.40. The van der Waals surface area contributed by atoms with Gasteiger partial charge in [-0.25, -0.2) is 9.59 Å². The molecule has 3 aromatic rings. The molecule has 0 aliphatic carbocycles. The first kappa shape index (κ1) is 31.3. The number of nitrogens with zero attached hydrogens (tertiary/aromatic N) is 2. The molecule has 0 unspecified atom stereocenters. The van der Waals surface area contributed by atoms with Crippen LogP contribution in [0.2, 0.25) is 0 Å². The topological polar surface area (TPSA) is 83.1 Å². The second kappa shape index (κ2) is 15.0. The lowest BCUT2D eigenvalue weighted by atomic mass is 10.00. The lowest BCUT2D eigenvalue weighted by Gasteiger charge is -2.29. The van der Waals surface area contributed by atoms with E-state index in [9.17, 15) is 9.59 Å². The molecule has 1 atom stereocenters. The number of carbonyl (C=O) groups excluding carboxylic acids is 2. The fraction of sp³-hybridized carbons (Fsp3) is 0.471. The van der Waals surface area contributed by atoms with Crippen LogP contribution in [0, 0.1) is 0 Å². The van der Waals surface area contributed by atoms with Crippen LogP contribution in [0.15, 0.2) is 66.7 Å². The van der Waals surface area contributed by atoms with Crippen molar-refractivity contribution in [2.75, 3.05) is 45.9 Å². The lowest BCUT2D eigenvalue weighted by molar-refractivity contribution is 0.0364. The second-order valence-electron chi connectivity index (χ2n) is 12.0. The van der Waals surface area contributed by atoms with E-state index >= 15 is 0 Å². The molecule has 0 aromatic heterocycles. The maximum atomic E-state index is 13.6. The van der Waals surface area contributed by atoms with E-state index in [0.717, 1.165) is 61.3 Å². The zero-order valence-electron chi connectivity index (χ0n) is 25.5. The van der Waals surface area contributed by atoms with Crippen molar-refractivity contribution in [3.63, 3.8) is 0 Å². The van der Waals surface area contributed by atoms with Crippen molar-refractivity contribution in [2.45, 2.75) is 58.7 Å². The van der Waals surface area contributed by atoms with Crippen LogP contribution in [0.3, 0.4) is 0 Å². The van der Waals surface area contributed by atoms with Crippen molar-refractivity contribution in [1.29, 1.82) is 0 Å². The van der Waals surface area contributed by atoms with Crippen LogP contribution in [0.5, 0.6) is 0 Å². The van der Waals surface area contributed by atoms with Gasteiger partial charge >= 0.3 is 12.1 Å². The Morgan fingerprint density at radius 2 is 1.67 bits per heavy atom. The Balaban J connectivity index is 1.37. The summed E-state index contributed by atoms with van der Waals surface area (Å²) in [5.41, 5.74) is 2.78. The van der Waals surface area contributed by atoms with E-state index in [-0.39, 0.29) is 12.1 Å². The SMILES string of the molecule is C[C@H](NC(=O)N(CCCN1CCOCC1)Cc1ccc(CCNC(=O)OC(C)(C)C)cc1)c1cccc2ccccc12. The van der Waals surface area contributed by atoms with Gasteiger partial charge in [0.2, 0.25) is 0 Å². The van der Waals surface area contributed by atoms with E-state index in [1.54, 1.807) is 0 Å². The Morgan fingerprint density at radius 3 is 2.40 bits per heavy atom. The number of alkyl carbamates (subject to hydrolysis) is 1. The fourth-order valence-corrected chi connectivity index (χ4v) is 5.20. The molecule has 1 fully saturated rings. The summed E-state index contributed by atoms with van der Waals surface area (Å²) in [7, 11) is 0. The quantitative estimate of drug-likeness (QED) is 0.298. The summed E-state index contributed by atoms with van der Waals surface area (Å²) in [5, 5.41) is 8.39. The van der Waals surface area contributed by atoms with Gasteiger partial charge in [0, 0.05) is 39.3 Å². The summed E-state index contributed by atoms with van der Waals surface area (Å²) in [6.07, 6.45) is 1.19. The van der Waals surface area contributed by atoms with Crippen molar-refractivity contribution in [2.24, 2.45) is 0 Å². The average Bonchev–Trinajstić information content (AvgIpc) is 2.96. The summed E-state index contributed by atoms with van der Waals surface area (Å²) in [6.45, 7) is 13.6. The summed E-state index contributed by atoms with van der Waals surface area (Å²) < 4.78 is 10.8. The molecule has 226 valence electrons. The van der Waals surface area contributed by atoms with Gasteiger partial charge in [-0.05, 0) is 68.0 Å². The van der Waals surface area contributed by atoms with E-state index < -0.39 is 11.7 Å². The molecule has 3 amide bonds. The van der Waals surface area contributed by atoms with Crippen LogP contribution in [-0.2, 0) is 22.4 Å². The molecule has 4 rings (SSSR count). The highest BCUT2D eigenvalue weighted by atomic mass is 16.6. The monoisotopic (exact) mass is 574 g/mol. The number of morpholine rings is 1. The Hall–Kier alpha value is -3.62. The summed E-state index contributed by atoms with van der Waals surface area (Å²) >= 11 is 0. The van der Waals surface area contributed by atoms with Crippen LogP contribution in [0.1, 0.15) is 56.8 Å². The third kappa shape index (κ3) is 9.74. The van der Waals surface area contributed by atoms with Gasteiger partial charge in [-0.3, -0.25) is 4.90 Å². The largest absolute Gasteiger partial charge is 0.444 e. The van der Waals surface area contributed by atoms with Crippen LogP contribution in [0.25, 0.3) is 10.8 Å². The zero-order valence-corrected chi connectivity index (χ0v) is 25.5. The molecule has 1 heterocycles. The number of nitrogens with one attached hydrogen (secondary N) is 2. The van der Waals surface area contributed by atoms with Crippen molar-refractivity contribution in [1.82, 2.24) is 20.4 Å². The highest BCUT2D eigenvalue weighted by molar-refractivity contribution is 5.86. The lowest BCUT2D eigenvalue weighted by Crippen LogP contribution is -2.43. The Kier molecular flexibility index (Phi) is 11.2. The Bertz CT molecular complexity index is 1290. The van der Waals surface area contributed by atoms with Crippen molar-refractivity contribution in [3.8, 4) is 0 Å². The zero-order chi connectivity index (χ0) is 30.0. The van der Waals surface area contributed by atoms with Gasteiger partial charge < -0.3 is 25.0 Å². The number of hydrogen-bond acceptors (Lipinski definition) is 5. The molecule has 2 N–H and O–H groups in total. The summed E-state index contributed by atoms with van der Waals surface area (Å²) in [5.74, 6) is 0. The number of urea groups is 1. The minimum Gasteiger partial charge on any atom is -0.444 e. The molecular formula is C34H46N4O4. The highest BCUT2D eigenvalue weighted by Gasteiger charge is 2.20. The van der Waals surface area contributed by atoms with Gasteiger partial charge in [-0.1, -0.05) is 66.7 Å². The van der Waals surface area contributed by atoms with Gasteiger partial charge in [-0.2, -0.15) is 0 Å². The maximum Gasteiger partial charge on any atom is 0.407 e. The molecule has 1 saturated heterocycles. The smallest absolute Gasteiger partial charge is 0.407 e. The number of hydrogen-bond donors (Lipinski definition) is 2. The van der Waals surface area contributed by atoms with Crippen molar-refractivity contribution in [3.05, 3.63) is 83.4 Å². The highest BCUT2D eigenvalue weighted by Crippen LogP contribution is 2.24. The van der Waals surface area contributed by atoms with Crippen molar-refractivity contribution >= 4 is 22.9 Å². The number of fused-ring (bicyclic) bond motifs is 1. The molecule has 0 saturated carbocycles. The molecular weight excluding hydrogens is 528 g/mol. The number of rotatable bonds is 11.